The van der Waals surface area contributed by atoms with Gasteiger partial charge in [0.25, 0.3) is 0 Å². The highest BCUT2D eigenvalue weighted by Crippen LogP contribution is 2.37. The molecular formula is C15H24BrNO3. The van der Waals surface area contributed by atoms with E-state index in [1.807, 2.05) is 32.9 Å². The maximum atomic E-state index is 10.3. The molecular weight excluding hydrogens is 322 g/mol. The number of aliphatic hydroxyl groups is 1. The highest BCUT2D eigenvalue weighted by atomic mass is 79.9. The van der Waals surface area contributed by atoms with Crippen molar-refractivity contribution in [2.75, 3.05) is 13.2 Å². The molecule has 0 aliphatic rings. The number of halogens is 1. The molecule has 114 valence electrons. The minimum absolute atomic E-state index is 0.0973. The summed E-state index contributed by atoms with van der Waals surface area (Å²) in [7, 11) is 0. The van der Waals surface area contributed by atoms with E-state index in [-0.39, 0.29) is 12.5 Å². The predicted molar refractivity (Wildman–Crippen MR) is 84.2 cm³/mol. The van der Waals surface area contributed by atoms with Crippen LogP contribution in [0.15, 0.2) is 16.6 Å². The number of nitrogens with two attached hydrogens (primary N) is 1. The largest absolute Gasteiger partial charge is 0.490 e. The first-order valence-corrected chi connectivity index (χ1v) is 7.61. The standard InChI is InChI=1S/C15H24BrNO3/c1-5-19-13-7-11(8-17)6-12(16)14(13)20-9-15(4,18)10(2)3/h6-7,10,18H,5,8-9,17H2,1-4H3. The van der Waals surface area contributed by atoms with E-state index in [1.165, 1.54) is 0 Å². The Bertz CT molecular complexity index is 447. The third kappa shape index (κ3) is 4.36. The molecule has 4 nitrogen and oxygen atoms in total. The summed E-state index contributed by atoms with van der Waals surface area (Å²) in [5, 5.41) is 10.3. The van der Waals surface area contributed by atoms with Crippen molar-refractivity contribution in [2.24, 2.45) is 11.7 Å². The molecule has 1 aromatic carbocycles. The van der Waals surface area contributed by atoms with Gasteiger partial charge in [0.05, 0.1) is 16.7 Å². The Hall–Kier alpha value is -0.780. The number of ether oxygens (including phenoxy) is 2. The van der Waals surface area contributed by atoms with Crippen LogP contribution in [-0.2, 0) is 6.54 Å². The van der Waals surface area contributed by atoms with Crippen LogP contribution in [0.4, 0.5) is 0 Å². The molecule has 1 aromatic rings. The first kappa shape index (κ1) is 17.3. The fraction of sp³-hybridized carbons (Fsp3) is 0.600. The topological polar surface area (TPSA) is 64.7 Å². The zero-order chi connectivity index (χ0) is 15.3. The summed E-state index contributed by atoms with van der Waals surface area (Å²) >= 11 is 3.47. The van der Waals surface area contributed by atoms with Gasteiger partial charge in [-0.05, 0) is 53.4 Å². The van der Waals surface area contributed by atoms with E-state index in [4.69, 9.17) is 15.2 Å². The molecule has 1 unspecified atom stereocenters. The smallest absolute Gasteiger partial charge is 0.175 e. The van der Waals surface area contributed by atoms with E-state index in [1.54, 1.807) is 6.92 Å². The molecule has 1 rings (SSSR count). The van der Waals surface area contributed by atoms with Crippen molar-refractivity contribution in [3.63, 3.8) is 0 Å². The molecule has 3 N–H and O–H groups in total. The summed E-state index contributed by atoms with van der Waals surface area (Å²) in [6.07, 6.45) is 0. The Balaban J connectivity index is 2.98. The fourth-order valence-electron chi connectivity index (χ4n) is 1.53. The number of rotatable bonds is 7. The minimum atomic E-state index is -0.893. The Morgan fingerprint density at radius 2 is 2.00 bits per heavy atom. The normalized spacial score (nSPS) is 14.2. The quantitative estimate of drug-likeness (QED) is 0.796. The van der Waals surface area contributed by atoms with E-state index in [0.717, 1.165) is 10.0 Å². The van der Waals surface area contributed by atoms with Crippen LogP contribution in [-0.4, -0.2) is 23.9 Å². The minimum Gasteiger partial charge on any atom is -0.490 e. The van der Waals surface area contributed by atoms with Crippen LogP contribution in [0, 0.1) is 5.92 Å². The maximum absolute atomic E-state index is 10.3. The molecule has 20 heavy (non-hydrogen) atoms. The van der Waals surface area contributed by atoms with Crippen molar-refractivity contribution in [3.05, 3.63) is 22.2 Å². The van der Waals surface area contributed by atoms with E-state index < -0.39 is 5.60 Å². The monoisotopic (exact) mass is 345 g/mol. The summed E-state index contributed by atoms with van der Waals surface area (Å²) in [5.74, 6) is 1.34. The molecule has 0 saturated carbocycles. The Kier molecular flexibility index (Phi) is 6.30. The van der Waals surface area contributed by atoms with Gasteiger partial charge < -0.3 is 20.3 Å². The van der Waals surface area contributed by atoms with Crippen LogP contribution >= 0.6 is 15.9 Å². The number of hydrogen-bond acceptors (Lipinski definition) is 4. The predicted octanol–water partition coefficient (Wildman–Crippen LogP) is 3.09. The van der Waals surface area contributed by atoms with Crippen molar-refractivity contribution >= 4 is 15.9 Å². The molecule has 0 saturated heterocycles. The second-order valence-corrected chi connectivity index (χ2v) is 6.20. The van der Waals surface area contributed by atoms with Crippen LogP contribution in [0.25, 0.3) is 0 Å². The number of hydrogen-bond donors (Lipinski definition) is 2. The molecule has 0 aromatic heterocycles. The third-order valence-electron chi connectivity index (χ3n) is 3.36. The maximum Gasteiger partial charge on any atom is 0.175 e. The van der Waals surface area contributed by atoms with Gasteiger partial charge in [0, 0.05) is 6.54 Å². The van der Waals surface area contributed by atoms with Crippen molar-refractivity contribution < 1.29 is 14.6 Å². The Labute approximate surface area is 129 Å². The molecule has 1 atom stereocenters. The van der Waals surface area contributed by atoms with Crippen LogP contribution in [0.3, 0.4) is 0 Å². The average molecular weight is 346 g/mol. The van der Waals surface area contributed by atoms with Gasteiger partial charge in [0.1, 0.15) is 6.61 Å². The molecule has 0 bridgehead atoms. The van der Waals surface area contributed by atoms with Gasteiger partial charge in [0.15, 0.2) is 11.5 Å². The molecule has 0 spiro atoms. The van der Waals surface area contributed by atoms with E-state index >= 15 is 0 Å². The van der Waals surface area contributed by atoms with Gasteiger partial charge >= 0.3 is 0 Å². The van der Waals surface area contributed by atoms with Crippen LogP contribution < -0.4 is 15.2 Å². The van der Waals surface area contributed by atoms with Crippen LogP contribution in [0.5, 0.6) is 11.5 Å². The first-order valence-electron chi connectivity index (χ1n) is 6.82. The van der Waals surface area contributed by atoms with E-state index in [9.17, 15) is 5.11 Å². The van der Waals surface area contributed by atoms with Gasteiger partial charge in [-0.3, -0.25) is 0 Å². The molecule has 0 heterocycles. The van der Waals surface area contributed by atoms with Gasteiger partial charge in [-0.15, -0.1) is 0 Å². The van der Waals surface area contributed by atoms with Gasteiger partial charge in [-0.2, -0.15) is 0 Å². The van der Waals surface area contributed by atoms with Crippen LogP contribution in [0.1, 0.15) is 33.3 Å². The van der Waals surface area contributed by atoms with Gasteiger partial charge in [-0.1, -0.05) is 13.8 Å². The lowest BCUT2D eigenvalue weighted by Gasteiger charge is -2.28. The summed E-state index contributed by atoms with van der Waals surface area (Å²) < 4.78 is 12.2. The molecule has 5 heteroatoms. The van der Waals surface area contributed by atoms with E-state index in [2.05, 4.69) is 15.9 Å². The number of benzene rings is 1. The average Bonchev–Trinajstić information content (AvgIpc) is 2.37. The van der Waals surface area contributed by atoms with Crippen molar-refractivity contribution in [1.29, 1.82) is 0 Å². The highest BCUT2D eigenvalue weighted by Gasteiger charge is 2.27. The highest BCUT2D eigenvalue weighted by molar-refractivity contribution is 9.10. The van der Waals surface area contributed by atoms with Gasteiger partial charge in [0.2, 0.25) is 0 Å². The summed E-state index contributed by atoms with van der Waals surface area (Å²) in [5.41, 5.74) is 5.73. The second kappa shape index (κ2) is 7.29. The Morgan fingerprint density at radius 1 is 1.35 bits per heavy atom. The lowest BCUT2D eigenvalue weighted by molar-refractivity contribution is -0.0274. The second-order valence-electron chi connectivity index (χ2n) is 5.34. The summed E-state index contributed by atoms with van der Waals surface area (Å²) in [6.45, 7) is 8.77. The zero-order valence-corrected chi connectivity index (χ0v) is 14.2. The molecule has 0 amide bonds. The van der Waals surface area contributed by atoms with E-state index in [0.29, 0.717) is 24.7 Å². The summed E-state index contributed by atoms with van der Waals surface area (Å²) in [6, 6.07) is 3.77. The van der Waals surface area contributed by atoms with Crippen molar-refractivity contribution in [3.8, 4) is 11.5 Å². The van der Waals surface area contributed by atoms with Crippen LogP contribution in [0.2, 0.25) is 0 Å². The lowest BCUT2D eigenvalue weighted by Crippen LogP contribution is -2.37. The first-order chi connectivity index (χ1) is 9.31. The molecule has 0 fully saturated rings. The lowest BCUT2D eigenvalue weighted by atomic mass is 9.94. The SMILES string of the molecule is CCOc1cc(CN)cc(Br)c1OCC(C)(O)C(C)C. The summed E-state index contributed by atoms with van der Waals surface area (Å²) in [4.78, 5) is 0. The fourth-order valence-corrected chi connectivity index (χ4v) is 2.13. The van der Waals surface area contributed by atoms with Crippen molar-refractivity contribution in [2.45, 2.75) is 39.8 Å². The molecule has 0 aliphatic carbocycles. The van der Waals surface area contributed by atoms with Crippen molar-refractivity contribution in [1.82, 2.24) is 0 Å². The molecule has 0 aliphatic heterocycles. The zero-order valence-electron chi connectivity index (χ0n) is 12.6. The van der Waals surface area contributed by atoms with Gasteiger partial charge in [-0.25, -0.2) is 0 Å². The Morgan fingerprint density at radius 3 is 2.50 bits per heavy atom. The molecule has 0 radical (unpaired) electrons. The third-order valence-corrected chi connectivity index (χ3v) is 3.95.